The van der Waals surface area contributed by atoms with Crippen molar-refractivity contribution in [3.8, 4) is 0 Å². The highest BCUT2D eigenvalue weighted by molar-refractivity contribution is 5.96. The third kappa shape index (κ3) is 3.64. The second-order valence-electron chi connectivity index (χ2n) is 6.25. The van der Waals surface area contributed by atoms with Gasteiger partial charge in [-0.3, -0.25) is 4.79 Å². The maximum atomic E-state index is 12.4. The highest BCUT2D eigenvalue weighted by atomic mass is 16.5. The van der Waals surface area contributed by atoms with Crippen LogP contribution in [0.5, 0.6) is 0 Å². The molecule has 0 spiro atoms. The summed E-state index contributed by atoms with van der Waals surface area (Å²) in [5.74, 6) is -0.0203. The Hall–Kier alpha value is -3.29. The van der Waals surface area contributed by atoms with Crippen molar-refractivity contribution in [2.45, 2.75) is 33.6 Å². The largest absolute Gasteiger partial charge is 0.465 e. The summed E-state index contributed by atoms with van der Waals surface area (Å²) in [5.41, 5.74) is 4.44. The van der Waals surface area contributed by atoms with Crippen molar-refractivity contribution in [2.24, 2.45) is 0 Å². The van der Waals surface area contributed by atoms with E-state index in [1.807, 2.05) is 13.8 Å². The van der Waals surface area contributed by atoms with Crippen molar-refractivity contribution in [3.63, 3.8) is 0 Å². The molecule has 0 aliphatic heterocycles. The molecule has 0 fully saturated rings. The van der Waals surface area contributed by atoms with E-state index in [0.717, 1.165) is 17.0 Å². The van der Waals surface area contributed by atoms with Gasteiger partial charge in [-0.1, -0.05) is 6.07 Å². The first-order valence-corrected chi connectivity index (χ1v) is 8.56. The van der Waals surface area contributed by atoms with Gasteiger partial charge in [0, 0.05) is 23.5 Å². The molecular weight excluding hydrogens is 346 g/mol. The van der Waals surface area contributed by atoms with Gasteiger partial charge in [0.2, 0.25) is 5.91 Å². The number of rotatable bonds is 5. The van der Waals surface area contributed by atoms with Gasteiger partial charge in [-0.05, 0) is 50.5 Å². The second kappa shape index (κ2) is 7.53. The van der Waals surface area contributed by atoms with Crippen molar-refractivity contribution < 1.29 is 14.3 Å². The predicted octanol–water partition coefficient (Wildman–Crippen LogP) is 2.41. The number of benzene rings is 1. The van der Waals surface area contributed by atoms with Crippen molar-refractivity contribution >= 4 is 23.3 Å². The Labute approximate surface area is 156 Å². The molecule has 0 saturated heterocycles. The maximum Gasteiger partial charge on any atom is 0.338 e. The Balaban J connectivity index is 1.73. The molecule has 1 N–H and O–H groups in total. The van der Waals surface area contributed by atoms with Gasteiger partial charge >= 0.3 is 5.97 Å². The number of aromatic nitrogens is 4. The fourth-order valence-electron chi connectivity index (χ4n) is 3.07. The number of nitrogens with one attached hydrogen (secondary N) is 1. The number of carbonyl (C=O) groups excluding carboxylic acids is 2. The van der Waals surface area contributed by atoms with Crippen molar-refractivity contribution in [2.75, 3.05) is 12.4 Å². The normalized spacial score (nSPS) is 10.8. The van der Waals surface area contributed by atoms with Crippen LogP contribution in [0.15, 0.2) is 24.5 Å². The molecule has 140 valence electrons. The summed E-state index contributed by atoms with van der Waals surface area (Å²) in [4.78, 5) is 32.7. The number of aryl methyl sites for hydroxylation is 2. The van der Waals surface area contributed by atoms with Crippen LogP contribution < -0.4 is 5.32 Å². The minimum atomic E-state index is -0.429. The molecule has 1 amide bonds. The molecule has 2 aromatic heterocycles. The van der Waals surface area contributed by atoms with E-state index in [1.165, 1.54) is 13.4 Å². The van der Waals surface area contributed by atoms with E-state index in [0.29, 0.717) is 29.0 Å². The van der Waals surface area contributed by atoms with Gasteiger partial charge in [0.1, 0.15) is 6.33 Å². The monoisotopic (exact) mass is 367 g/mol. The molecule has 0 unspecified atom stereocenters. The molecule has 0 bridgehead atoms. The average molecular weight is 367 g/mol. The lowest BCUT2D eigenvalue weighted by molar-refractivity contribution is -0.116. The zero-order valence-electron chi connectivity index (χ0n) is 15.7. The molecule has 8 nitrogen and oxygen atoms in total. The molecule has 2 heterocycles. The third-order valence-electron chi connectivity index (χ3n) is 4.60. The van der Waals surface area contributed by atoms with E-state index in [1.54, 1.807) is 29.6 Å². The van der Waals surface area contributed by atoms with Crippen LogP contribution >= 0.6 is 0 Å². The number of hydrogen-bond acceptors (Lipinski definition) is 6. The molecule has 0 atom stereocenters. The van der Waals surface area contributed by atoms with Crippen molar-refractivity contribution in [1.29, 1.82) is 0 Å². The summed E-state index contributed by atoms with van der Waals surface area (Å²) in [6, 6.07) is 5.15. The van der Waals surface area contributed by atoms with Crippen LogP contribution in [0, 0.1) is 20.8 Å². The standard InChI is InChI=1S/C19H21N5O3/c1-11-14(18(26)27-4)6-5-7-16(11)23-17(25)9-8-15-12(2)22-19-20-10-21-24(19)13(15)3/h5-7,10H,8-9H2,1-4H3,(H,23,25). The van der Waals surface area contributed by atoms with Crippen LogP contribution in [0.25, 0.3) is 5.78 Å². The number of amides is 1. The summed E-state index contributed by atoms with van der Waals surface area (Å²) >= 11 is 0. The first-order valence-electron chi connectivity index (χ1n) is 8.56. The zero-order valence-corrected chi connectivity index (χ0v) is 15.7. The Morgan fingerprint density at radius 1 is 1.22 bits per heavy atom. The fourth-order valence-corrected chi connectivity index (χ4v) is 3.07. The average Bonchev–Trinajstić information content (AvgIpc) is 3.11. The summed E-state index contributed by atoms with van der Waals surface area (Å²) in [5, 5.41) is 7.03. The summed E-state index contributed by atoms with van der Waals surface area (Å²) in [6.45, 7) is 5.62. The predicted molar refractivity (Wildman–Crippen MR) is 99.7 cm³/mol. The lowest BCUT2D eigenvalue weighted by Crippen LogP contribution is -2.16. The molecule has 8 heteroatoms. The molecule has 0 aliphatic carbocycles. The van der Waals surface area contributed by atoms with Gasteiger partial charge in [-0.25, -0.2) is 14.3 Å². The topological polar surface area (TPSA) is 98.5 Å². The number of fused-ring (bicyclic) bond motifs is 1. The van der Waals surface area contributed by atoms with Crippen LogP contribution in [0.2, 0.25) is 0 Å². The van der Waals surface area contributed by atoms with E-state index in [9.17, 15) is 9.59 Å². The Kier molecular flexibility index (Phi) is 5.16. The van der Waals surface area contributed by atoms with Crippen LogP contribution in [0.3, 0.4) is 0 Å². The second-order valence-corrected chi connectivity index (χ2v) is 6.25. The number of carbonyl (C=O) groups is 2. The smallest absolute Gasteiger partial charge is 0.338 e. The Morgan fingerprint density at radius 3 is 2.74 bits per heavy atom. The van der Waals surface area contributed by atoms with Gasteiger partial charge in [0.25, 0.3) is 5.78 Å². The number of anilines is 1. The van der Waals surface area contributed by atoms with E-state index >= 15 is 0 Å². The molecular formula is C19H21N5O3. The van der Waals surface area contributed by atoms with Crippen molar-refractivity contribution in [3.05, 3.63) is 52.6 Å². The number of esters is 1. The Bertz CT molecular complexity index is 1030. The minimum Gasteiger partial charge on any atom is -0.465 e. The summed E-state index contributed by atoms with van der Waals surface area (Å²) < 4.78 is 6.44. The van der Waals surface area contributed by atoms with Crippen molar-refractivity contribution in [1.82, 2.24) is 19.6 Å². The molecule has 0 radical (unpaired) electrons. The van der Waals surface area contributed by atoms with E-state index < -0.39 is 5.97 Å². The van der Waals surface area contributed by atoms with Crippen LogP contribution in [0.1, 0.15) is 39.3 Å². The summed E-state index contributed by atoms with van der Waals surface area (Å²) in [7, 11) is 1.33. The zero-order chi connectivity index (χ0) is 19.6. The molecule has 3 aromatic rings. The first-order chi connectivity index (χ1) is 12.9. The molecule has 0 aliphatic rings. The van der Waals surface area contributed by atoms with Gasteiger partial charge in [-0.2, -0.15) is 10.1 Å². The SMILES string of the molecule is COC(=O)c1cccc(NC(=O)CCc2c(C)nc3ncnn3c2C)c1C. The van der Waals surface area contributed by atoms with Gasteiger partial charge in [0.15, 0.2) is 0 Å². The lowest BCUT2D eigenvalue weighted by Gasteiger charge is -2.13. The Morgan fingerprint density at radius 2 is 2.00 bits per heavy atom. The number of nitrogens with zero attached hydrogens (tertiary/aromatic N) is 4. The molecule has 27 heavy (non-hydrogen) atoms. The maximum absolute atomic E-state index is 12.4. The first kappa shape index (κ1) is 18.5. The lowest BCUT2D eigenvalue weighted by atomic mass is 10.0. The molecule has 0 saturated carbocycles. The van der Waals surface area contributed by atoms with Gasteiger partial charge in [-0.15, -0.1) is 0 Å². The number of methoxy groups -OCH3 is 1. The number of ether oxygens (including phenoxy) is 1. The van der Waals surface area contributed by atoms with E-state index in [2.05, 4.69) is 20.4 Å². The van der Waals surface area contributed by atoms with E-state index in [-0.39, 0.29) is 12.3 Å². The molecule has 1 aromatic carbocycles. The van der Waals surface area contributed by atoms with Gasteiger partial charge < -0.3 is 10.1 Å². The van der Waals surface area contributed by atoms with E-state index in [4.69, 9.17) is 4.74 Å². The highest BCUT2D eigenvalue weighted by Crippen LogP contribution is 2.21. The number of hydrogen-bond donors (Lipinski definition) is 1. The quantitative estimate of drug-likeness (QED) is 0.695. The van der Waals surface area contributed by atoms with Crippen LogP contribution in [-0.4, -0.2) is 38.6 Å². The fraction of sp³-hybridized carbons (Fsp3) is 0.316. The highest BCUT2D eigenvalue weighted by Gasteiger charge is 2.15. The third-order valence-corrected chi connectivity index (χ3v) is 4.60. The van der Waals surface area contributed by atoms with Gasteiger partial charge in [0.05, 0.1) is 12.7 Å². The van der Waals surface area contributed by atoms with Crippen LogP contribution in [0.4, 0.5) is 5.69 Å². The van der Waals surface area contributed by atoms with Crippen LogP contribution in [-0.2, 0) is 16.0 Å². The summed E-state index contributed by atoms with van der Waals surface area (Å²) in [6.07, 6.45) is 2.27. The minimum absolute atomic E-state index is 0.141. The molecule has 3 rings (SSSR count).